The van der Waals surface area contributed by atoms with Gasteiger partial charge in [0.15, 0.2) is 0 Å². The Labute approximate surface area is 136 Å². The van der Waals surface area contributed by atoms with Gasteiger partial charge in [-0.15, -0.1) is 5.10 Å². The second kappa shape index (κ2) is 8.44. The van der Waals surface area contributed by atoms with Crippen LogP contribution in [0.2, 0.25) is 0 Å². The number of hydrogen-bond acceptors (Lipinski definition) is 4. The average Bonchev–Trinajstić information content (AvgIpc) is 2.59. The molecule has 0 aliphatic heterocycles. The first-order valence-electron chi connectivity index (χ1n) is 7.34. The number of hydrogen-bond donors (Lipinski definition) is 2. The molecule has 0 fully saturated rings. The topological polar surface area (TPSA) is 73.6 Å². The van der Waals surface area contributed by atoms with Gasteiger partial charge in [0, 0.05) is 12.1 Å². The molecule has 0 aliphatic rings. The van der Waals surface area contributed by atoms with Gasteiger partial charge in [-0.1, -0.05) is 67.3 Å². The van der Waals surface area contributed by atoms with Crippen LogP contribution in [-0.2, 0) is 11.3 Å². The summed E-state index contributed by atoms with van der Waals surface area (Å²) in [6.07, 6.45) is 3.99. The summed E-state index contributed by atoms with van der Waals surface area (Å²) in [4.78, 5) is 0. The maximum Gasteiger partial charge on any atom is 0.209 e. The summed E-state index contributed by atoms with van der Waals surface area (Å²) in [5.41, 5.74) is 9.36. The largest absolute Gasteiger partial charge is 0.475 e. The molecule has 0 aliphatic carbocycles. The summed E-state index contributed by atoms with van der Waals surface area (Å²) in [7, 11) is 0. The van der Waals surface area contributed by atoms with Crippen molar-refractivity contribution in [1.29, 1.82) is 0 Å². The third kappa shape index (κ3) is 5.36. The third-order valence-electron chi connectivity index (χ3n) is 3.23. The number of ether oxygens (including phenoxy) is 1. The Morgan fingerprint density at radius 3 is 2.30 bits per heavy atom. The molecule has 0 spiro atoms. The van der Waals surface area contributed by atoms with E-state index in [2.05, 4.69) is 35.9 Å². The Bertz CT molecular complexity index is 688. The van der Waals surface area contributed by atoms with Crippen molar-refractivity contribution in [3.05, 3.63) is 84.6 Å². The first-order chi connectivity index (χ1) is 11.2. The van der Waals surface area contributed by atoms with E-state index >= 15 is 0 Å². The van der Waals surface area contributed by atoms with E-state index in [1.807, 2.05) is 36.4 Å². The molecule has 2 aromatic carbocycles. The molecule has 0 radical (unpaired) electrons. The molecule has 4 heteroatoms. The van der Waals surface area contributed by atoms with Gasteiger partial charge in [-0.05, 0) is 22.8 Å². The fraction of sp³-hybridized carbons (Fsp3) is 0.105. The number of rotatable bonds is 6. The first kappa shape index (κ1) is 16.4. The van der Waals surface area contributed by atoms with E-state index in [1.165, 1.54) is 11.1 Å². The van der Waals surface area contributed by atoms with Crippen molar-refractivity contribution >= 4 is 5.90 Å². The zero-order valence-electron chi connectivity index (χ0n) is 13.0. The molecule has 0 saturated carbocycles. The molecular formula is C19H21N3O. The summed E-state index contributed by atoms with van der Waals surface area (Å²) in [6, 6.07) is 18.5. The highest BCUT2D eigenvalue weighted by Crippen LogP contribution is 2.19. The fourth-order valence-corrected chi connectivity index (χ4v) is 2.05. The van der Waals surface area contributed by atoms with Gasteiger partial charge >= 0.3 is 0 Å². The second-order valence-corrected chi connectivity index (χ2v) is 5.06. The molecule has 0 saturated heterocycles. The van der Waals surface area contributed by atoms with E-state index in [0.29, 0.717) is 24.6 Å². The third-order valence-corrected chi connectivity index (χ3v) is 3.23. The molecule has 2 aromatic rings. The van der Waals surface area contributed by atoms with Crippen LogP contribution in [0.1, 0.15) is 12.0 Å². The van der Waals surface area contributed by atoms with Crippen LogP contribution in [0.3, 0.4) is 0 Å². The standard InChI is InChI=1S/C19H21N3O/c1-15(20)6-5-9-19(22-21)23-14-16-10-12-18(13-11-16)17-7-3-2-4-8-17/h2-8,10-13H,1,9,14,20-21H2/b6-5-,22-19-. The van der Waals surface area contributed by atoms with Gasteiger partial charge in [0.25, 0.3) is 0 Å². The Kier molecular flexibility index (Phi) is 6.00. The molecule has 0 bridgehead atoms. The van der Waals surface area contributed by atoms with Crippen LogP contribution in [0.4, 0.5) is 0 Å². The minimum Gasteiger partial charge on any atom is -0.475 e. The smallest absolute Gasteiger partial charge is 0.209 e. The number of allylic oxidation sites excluding steroid dienone is 1. The van der Waals surface area contributed by atoms with Crippen molar-refractivity contribution in [2.45, 2.75) is 13.0 Å². The SMILES string of the molecule is C=C(N)/C=C\C/C(=N/N)OCc1ccc(-c2ccccc2)cc1. The minimum atomic E-state index is 0.419. The maximum atomic E-state index is 5.61. The van der Waals surface area contributed by atoms with Crippen LogP contribution in [0.15, 0.2) is 84.1 Å². The average molecular weight is 307 g/mol. The zero-order valence-corrected chi connectivity index (χ0v) is 13.0. The van der Waals surface area contributed by atoms with Crippen molar-refractivity contribution in [2.75, 3.05) is 0 Å². The summed E-state index contributed by atoms with van der Waals surface area (Å²) in [5.74, 6) is 5.78. The van der Waals surface area contributed by atoms with Gasteiger partial charge in [-0.2, -0.15) is 0 Å². The van der Waals surface area contributed by atoms with Gasteiger partial charge in [0.05, 0.1) is 0 Å². The molecule has 4 nitrogen and oxygen atoms in total. The minimum absolute atomic E-state index is 0.419. The van der Waals surface area contributed by atoms with Gasteiger partial charge < -0.3 is 16.3 Å². The van der Waals surface area contributed by atoms with E-state index in [1.54, 1.807) is 6.08 Å². The predicted octanol–water partition coefficient (Wildman–Crippen LogP) is 3.56. The Hall–Kier alpha value is -3.01. The Balaban J connectivity index is 1.92. The highest BCUT2D eigenvalue weighted by molar-refractivity contribution is 5.77. The van der Waals surface area contributed by atoms with E-state index in [0.717, 1.165) is 5.56 Å². The maximum absolute atomic E-state index is 5.61. The Morgan fingerprint density at radius 1 is 1.04 bits per heavy atom. The quantitative estimate of drug-likeness (QED) is 0.282. The lowest BCUT2D eigenvalue weighted by atomic mass is 10.0. The van der Waals surface area contributed by atoms with E-state index in [4.69, 9.17) is 16.3 Å². The normalized spacial score (nSPS) is 11.6. The molecule has 0 atom stereocenters. The number of nitrogens with zero attached hydrogens (tertiary/aromatic N) is 1. The molecule has 0 heterocycles. The number of hydrazone groups is 1. The summed E-state index contributed by atoms with van der Waals surface area (Å²) < 4.78 is 5.61. The molecule has 4 N–H and O–H groups in total. The van der Waals surface area contributed by atoms with Crippen molar-refractivity contribution < 1.29 is 4.74 Å². The molecule has 0 aromatic heterocycles. The summed E-state index contributed by atoms with van der Waals surface area (Å²) in [5, 5.41) is 3.64. The van der Waals surface area contributed by atoms with Crippen LogP contribution >= 0.6 is 0 Å². The molecule has 23 heavy (non-hydrogen) atoms. The highest BCUT2D eigenvalue weighted by atomic mass is 16.5. The van der Waals surface area contributed by atoms with E-state index < -0.39 is 0 Å². The van der Waals surface area contributed by atoms with E-state index in [9.17, 15) is 0 Å². The molecule has 2 rings (SSSR count). The highest BCUT2D eigenvalue weighted by Gasteiger charge is 2.01. The number of nitrogens with two attached hydrogens (primary N) is 2. The number of benzene rings is 2. The lowest BCUT2D eigenvalue weighted by molar-refractivity contribution is 0.285. The second-order valence-electron chi connectivity index (χ2n) is 5.06. The van der Waals surface area contributed by atoms with Crippen LogP contribution in [0.5, 0.6) is 0 Å². The Morgan fingerprint density at radius 2 is 1.70 bits per heavy atom. The predicted molar refractivity (Wildman–Crippen MR) is 95.4 cm³/mol. The van der Waals surface area contributed by atoms with E-state index in [-0.39, 0.29) is 0 Å². The van der Waals surface area contributed by atoms with Crippen LogP contribution in [-0.4, -0.2) is 5.90 Å². The van der Waals surface area contributed by atoms with Crippen molar-refractivity contribution in [1.82, 2.24) is 0 Å². The molecule has 0 unspecified atom stereocenters. The van der Waals surface area contributed by atoms with Gasteiger partial charge in [0.2, 0.25) is 5.90 Å². The molecule has 0 amide bonds. The fourth-order valence-electron chi connectivity index (χ4n) is 2.05. The van der Waals surface area contributed by atoms with Gasteiger partial charge in [-0.3, -0.25) is 0 Å². The lowest BCUT2D eigenvalue weighted by Crippen LogP contribution is -2.07. The lowest BCUT2D eigenvalue weighted by Gasteiger charge is -2.08. The summed E-state index contributed by atoms with van der Waals surface area (Å²) >= 11 is 0. The van der Waals surface area contributed by atoms with Crippen LogP contribution < -0.4 is 11.6 Å². The first-order valence-corrected chi connectivity index (χ1v) is 7.34. The van der Waals surface area contributed by atoms with Crippen LogP contribution in [0, 0.1) is 0 Å². The van der Waals surface area contributed by atoms with Crippen molar-refractivity contribution in [3.63, 3.8) is 0 Å². The molecule has 118 valence electrons. The van der Waals surface area contributed by atoms with Gasteiger partial charge in [-0.25, -0.2) is 0 Å². The van der Waals surface area contributed by atoms with Crippen LogP contribution in [0.25, 0.3) is 11.1 Å². The zero-order chi connectivity index (χ0) is 16.5. The summed E-state index contributed by atoms with van der Waals surface area (Å²) in [6.45, 7) is 4.00. The van der Waals surface area contributed by atoms with Crippen molar-refractivity contribution in [2.24, 2.45) is 16.7 Å². The van der Waals surface area contributed by atoms with Crippen molar-refractivity contribution in [3.8, 4) is 11.1 Å². The van der Waals surface area contributed by atoms with Gasteiger partial charge in [0.1, 0.15) is 6.61 Å². The monoisotopic (exact) mass is 307 g/mol. The molecular weight excluding hydrogens is 286 g/mol.